The van der Waals surface area contributed by atoms with Crippen LogP contribution in [0.2, 0.25) is 0 Å². The third kappa shape index (κ3) is 3.08. The molecule has 0 spiro atoms. The zero-order valence-electron chi connectivity index (χ0n) is 11.6. The number of anilines is 1. The van der Waals surface area contributed by atoms with E-state index in [-0.39, 0.29) is 6.17 Å². The van der Waals surface area contributed by atoms with E-state index in [1.54, 1.807) is 0 Å². The summed E-state index contributed by atoms with van der Waals surface area (Å²) in [6.45, 7) is 2.52. The highest BCUT2D eigenvalue weighted by atomic mass is 32.1. The van der Waals surface area contributed by atoms with Crippen molar-refractivity contribution in [3.05, 3.63) is 60.2 Å². The average molecular weight is 297 g/mol. The fourth-order valence-corrected chi connectivity index (χ4v) is 2.47. The van der Waals surface area contributed by atoms with Crippen molar-refractivity contribution >= 4 is 23.0 Å². The van der Waals surface area contributed by atoms with Gasteiger partial charge in [0.05, 0.1) is 0 Å². The smallest absolute Gasteiger partial charge is 0.222 e. The van der Waals surface area contributed by atoms with Gasteiger partial charge < -0.3 is 4.74 Å². The van der Waals surface area contributed by atoms with E-state index in [9.17, 15) is 0 Å². The van der Waals surface area contributed by atoms with Crippen LogP contribution >= 0.6 is 12.2 Å². The SMILES string of the molecule is CC1N=NC(=S)N1c1ccc(OCc2ccccc2)cc1. The van der Waals surface area contributed by atoms with Gasteiger partial charge in [0.25, 0.3) is 0 Å². The van der Waals surface area contributed by atoms with Crippen molar-refractivity contribution in [3.63, 3.8) is 0 Å². The highest BCUT2D eigenvalue weighted by Crippen LogP contribution is 2.26. The number of thiocarbonyl (C=S) groups is 1. The van der Waals surface area contributed by atoms with Crippen molar-refractivity contribution < 1.29 is 4.74 Å². The third-order valence-corrected chi connectivity index (χ3v) is 3.53. The summed E-state index contributed by atoms with van der Waals surface area (Å²) in [6.07, 6.45) is -0.0476. The highest BCUT2D eigenvalue weighted by molar-refractivity contribution is 7.80. The maximum atomic E-state index is 5.77. The molecule has 3 rings (SSSR count). The molecule has 106 valence electrons. The van der Waals surface area contributed by atoms with Crippen LogP contribution in [0.1, 0.15) is 12.5 Å². The minimum atomic E-state index is -0.0476. The Morgan fingerprint density at radius 1 is 1.10 bits per heavy atom. The van der Waals surface area contributed by atoms with E-state index >= 15 is 0 Å². The lowest BCUT2D eigenvalue weighted by atomic mass is 10.2. The monoisotopic (exact) mass is 297 g/mol. The van der Waals surface area contributed by atoms with E-state index in [0.717, 1.165) is 17.0 Å². The van der Waals surface area contributed by atoms with Crippen LogP contribution in [0.4, 0.5) is 5.69 Å². The number of hydrogen-bond donors (Lipinski definition) is 0. The number of azo groups is 1. The molecule has 0 radical (unpaired) electrons. The molecule has 0 fully saturated rings. The Morgan fingerprint density at radius 2 is 1.81 bits per heavy atom. The molecule has 0 saturated carbocycles. The number of nitrogens with zero attached hydrogens (tertiary/aromatic N) is 3. The summed E-state index contributed by atoms with van der Waals surface area (Å²) in [5, 5.41) is 8.48. The Morgan fingerprint density at radius 3 is 2.43 bits per heavy atom. The van der Waals surface area contributed by atoms with Crippen molar-refractivity contribution in [2.24, 2.45) is 10.2 Å². The van der Waals surface area contributed by atoms with E-state index in [2.05, 4.69) is 10.2 Å². The Labute approximate surface area is 129 Å². The minimum Gasteiger partial charge on any atom is -0.489 e. The first kappa shape index (κ1) is 13.7. The van der Waals surface area contributed by atoms with Crippen LogP contribution < -0.4 is 9.64 Å². The zero-order valence-corrected chi connectivity index (χ0v) is 12.5. The van der Waals surface area contributed by atoms with Crippen LogP contribution in [-0.2, 0) is 6.61 Å². The van der Waals surface area contributed by atoms with E-state index in [1.807, 2.05) is 66.4 Å². The molecular weight excluding hydrogens is 282 g/mol. The van der Waals surface area contributed by atoms with Crippen LogP contribution in [0.3, 0.4) is 0 Å². The van der Waals surface area contributed by atoms with Crippen molar-refractivity contribution in [1.29, 1.82) is 0 Å². The van der Waals surface area contributed by atoms with Gasteiger partial charge >= 0.3 is 0 Å². The predicted octanol–water partition coefficient (Wildman–Crippen LogP) is 4.17. The van der Waals surface area contributed by atoms with Gasteiger partial charge in [0.1, 0.15) is 18.5 Å². The lowest BCUT2D eigenvalue weighted by Gasteiger charge is -2.20. The predicted molar refractivity (Wildman–Crippen MR) is 86.6 cm³/mol. The van der Waals surface area contributed by atoms with Gasteiger partial charge in [-0.2, -0.15) is 5.11 Å². The van der Waals surface area contributed by atoms with Crippen LogP contribution in [0.15, 0.2) is 64.8 Å². The molecule has 1 aliphatic rings. The lowest BCUT2D eigenvalue weighted by molar-refractivity contribution is 0.306. The lowest BCUT2D eigenvalue weighted by Crippen LogP contribution is -2.30. The molecule has 5 heteroatoms. The number of benzene rings is 2. The molecule has 0 N–H and O–H groups in total. The molecule has 0 aromatic heterocycles. The van der Waals surface area contributed by atoms with Gasteiger partial charge in [0.15, 0.2) is 0 Å². The fourth-order valence-electron chi connectivity index (χ4n) is 2.16. The van der Waals surface area contributed by atoms with Gasteiger partial charge in [-0.25, -0.2) is 0 Å². The molecule has 0 bridgehead atoms. The second-order valence-corrected chi connectivity index (χ2v) is 5.13. The van der Waals surface area contributed by atoms with Crippen LogP contribution in [-0.4, -0.2) is 11.3 Å². The molecule has 4 nitrogen and oxygen atoms in total. The van der Waals surface area contributed by atoms with Gasteiger partial charge in [-0.15, -0.1) is 5.11 Å². The van der Waals surface area contributed by atoms with Gasteiger partial charge in [0.2, 0.25) is 5.11 Å². The summed E-state index contributed by atoms with van der Waals surface area (Å²) in [6, 6.07) is 17.9. The number of ether oxygens (including phenoxy) is 1. The molecule has 21 heavy (non-hydrogen) atoms. The first-order valence-corrected chi connectivity index (χ1v) is 7.16. The van der Waals surface area contributed by atoms with E-state index in [1.165, 1.54) is 0 Å². The summed E-state index contributed by atoms with van der Waals surface area (Å²) >= 11 is 5.18. The molecule has 1 atom stereocenters. The van der Waals surface area contributed by atoms with Crippen LogP contribution in [0, 0.1) is 0 Å². The summed E-state index contributed by atoms with van der Waals surface area (Å²) in [5.74, 6) is 0.828. The minimum absolute atomic E-state index is 0.0476. The number of hydrogen-bond acceptors (Lipinski definition) is 3. The highest BCUT2D eigenvalue weighted by Gasteiger charge is 2.23. The average Bonchev–Trinajstić information content (AvgIpc) is 2.86. The second-order valence-electron chi connectivity index (χ2n) is 4.77. The van der Waals surface area contributed by atoms with E-state index < -0.39 is 0 Å². The Balaban J connectivity index is 1.66. The summed E-state index contributed by atoms with van der Waals surface area (Å²) < 4.78 is 5.77. The van der Waals surface area contributed by atoms with Gasteiger partial charge in [-0.1, -0.05) is 30.3 Å². The topological polar surface area (TPSA) is 37.2 Å². The quantitative estimate of drug-likeness (QED) is 0.795. The van der Waals surface area contributed by atoms with Crippen LogP contribution in [0.5, 0.6) is 5.75 Å². The Hall–Kier alpha value is -2.27. The van der Waals surface area contributed by atoms with Crippen molar-refractivity contribution in [3.8, 4) is 5.75 Å². The first-order chi connectivity index (χ1) is 10.2. The van der Waals surface area contributed by atoms with Gasteiger partial charge in [-0.3, -0.25) is 4.90 Å². The molecule has 0 amide bonds. The van der Waals surface area contributed by atoms with Crippen molar-refractivity contribution in [2.75, 3.05) is 4.90 Å². The summed E-state index contributed by atoms with van der Waals surface area (Å²) in [4.78, 5) is 1.91. The largest absolute Gasteiger partial charge is 0.489 e. The molecule has 2 aromatic rings. The Bertz CT molecular complexity index is 655. The molecule has 0 aliphatic carbocycles. The number of rotatable bonds is 4. The van der Waals surface area contributed by atoms with Crippen molar-refractivity contribution in [2.45, 2.75) is 19.7 Å². The maximum absolute atomic E-state index is 5.77. The molecule has 1 aliphatic heterocycles. The molecule has 1 heterocycles. The Kier molecular flexibility index (Phi) is 3.92. The second kappa shape index (κ2) is 6.01. The summed E-state index contributed by atoms with van der Waals surface area (Å²) in [7, 11) is 0. The van der Waals surface area contributed by atoms with E-state index in [4.69, 9.17) is 17.0 Å². The molecular formula is C16H15N3OS. The molecule has 0 saturated heterocycles. The van der Waals surface area contributed by atoms with Crippen LogP contribution in [0.25, 0.3) is 0 Å². The zero-order chi connectivity index (χ0) is 14.7. The van der Waals surface area contributed by atoms with E-state index in [0.29, 0.717) is 11.7 Å². The standard InChI is InChI=1S/C16H15N3OS/c1-12-17-18-16(21)19(12)14-7-9-15(10-8-14)20-11-13-5-3-2-4-6-13/h2-10,12H,11H2,1H3. The normalized spacial score (nSPS) is 17.3. The van der Waals surface area contributed by atoms with Gasteiger partial charge in [0, 0.05) is 5.69 Å². The first-order valence-electron chi connectivity index (χ1n) is 6.75. The third-order valence-electron chi connectivity index (χ3n) is 3.25. The fraction of sp³-hybridized carbons (Fsp3) is 0.188. The van der Waals surface area contributed by atoms with Crippen molar-refractivity contribution in [1.82, 2.24) is 0 Å². The molecule has 2 aromatic carbocycles. The van der Waals surface area contributed by atoms with Gasteiger partial charge in [-0.05, 0) is 49.0 Å². The summed E-state index contributed by atoms with van der Waals surface area (Å²) in [5.41, 5.74) is 2.12. The molecule has 1 unspecified atom stereocenters. The maximum Gasteiger partial charge on any atom is 0.222 e.